The lowest BCUT2D eigenvalue weighted by Gasteiger charge is -2.45. The Bertz CT molecular complexity index is 1690. The molecular weight excluding hydrogens is 622 g/mol. The van der Waals surface area contributed by atoms with Gasteiger partial charge in [-0.3, -0.25) is 10.1 Å². The van der Waals surface area contributed by atoms with Gasteiger partial charge in [-0.2, -0.15) is 0 Å². The van der Waals surface area contributed by atoms with Crippen LogP contribution < -0.4 is 4.74 Å². The van der Waals surface area contributed by atoms with Gasteiger partial charge in [-0.25, -0.2) is 0 Å². The van der Waals surface area contributed by atoms with Crippen LogP contribution in [0.2, 0.25) is 0 Å². The molecule has 1 fully saturated rings. The van der Waals surface area contributed by atoms with Crippen LogP contribution in [0.15, 0.2) is 146 Å². The van der Waals surface area contributed by atoms with Gasteiger partial charge in [0.1, 0.15) is 30.2 Å². The van der Waals surface area contributed by atoms with Crippen LogP contribution in [0.25, 0.3) is 0 Å². The summed E-state index contributed by atoms with van der Waals surface area (Å²) in [6.07, 6.45) is -3.61. The number of nitro groups is 1. The number of rotatable bonds is 16. The highest BCUT2D eigenvalue weighted by molar-refractivity contribution is 5.36. The summed E-state index contributed by atoms with van der Waals surface area (Å²) >= 11 is 0. The molecule has 49 heavy (non-hydrogen) atoms. The number of nitro benzene ring substituents is 1. The van der Waals surface area contributed by atoms with Crippen LogP contribution in [0.4, 0.5) is 5.69 Å². The standard InChI is InChI=1S/C40H39NO8/c42-41(43)34-21-23-35(24-22-34)48-40-39(47-28-33-19-11-4-12-20-33)38(46-27-32-17-9-3-10-18-32)37(45-26-31-15-7-2-8-16-31)36(49-40)29-44-25-30-13-5-1-6-14-30/h1-24,36-40H,25-29H2/t36-,37-,38+,39-,40-/m1/s1. The molecule has 0 saturated carbocycles. The topological polar surface area (TPSA) is 98.5 Å². The lowest BCUT2D eigenvalue weighted by atomic mass is 9.97. The minimum Gasteiger partial charge on any atom is -0.462 e. The second-order valence-corrected chi connectivity index (χ2v) is 11.7. The van der Waals surface area contributed by atoms with Gasteiger partial charge in [0, 0.05) is 12.1 Å². The third kappa shape index (κ3) is 9.82. The van der Waals surface area contributed by atoms with Crippen molar-refractivity contribution in [2.75, 3.05) is 6.61 Å². The summed E-state index contributed by atoms with van der Waals surface area (Å²) in [6.45, 7) is 1.44. The average Bonchev–Trinajstić information content (AvgIpc) is 3.15. The molecular formula is C40H39NO8. The molecule has 0 radical (unpaired) electrons. The maximum absolute atomic E-state index is 11.3. The molecule has 1 aliphatic rings. The van der Waals surface area contributed by atoms with Crippen molar-refractivity contribution in [2.24, 2.45) is 0 Å². The Morgan fingerprint density at radius 3 is 1.43 bits per heavy atom. The predicted octanol–water partition coefficient (Wildman–Crippen LogP) is 7.67. The number of benzene rings is 5. The number of nitrogens with zero attached hydrogens (tertiary/aromatic N) is 1. The lowest BCUT2D eigenvalue weighted by Crippen LogP contribution is -2.62. The Balaban J connectivity index is 1.32. The van der Waals surface area contributed by atoms with Crippen LogP contribution in [0.3, 0.4) is 0 Å². The molecule has 0 aliphatic carbocycles. The molecule has 1 heterocycles. The van der Waals surface area contributed by atoms with Gasteiger partial charge in [-0.15, -0.1) is 0 Å². The summed E-state index contributed by atoms with van der Waals surface area (Å²) in [4.78, 5) is 10.9. The number of hydrogen-bond donors (Lipinski definition) is 0. The van der Waals surface area contributed by atoms with Crippen LogP contribution in [0.5, 0.6) is 5.75 Å². The number of hydrogen-bond acceptors (Lipinski definition) is 8. The molecule has 9 nitrogen and oxygen atoms in total. The SMILES string of the molecule is O=[N+]([O-])c1ccc(O[C@@H]2O[C@H](COCc3ccccc3)[C@@H](OCc3ccccc3)[C@H](OCc3ccccc3)[C@H]2OCc2ccccc2)cc1. The van der Waals surface area contributed by atoms with E-state index in [0.29, 0.717) is 25.6 Å². The molecule has 0 N–H and O–H groups in total. The second kappa shape index (κ2) is 17.5. The quantitative estimate of drug-likeness (QED) is 0.0785. The fourth-order valence-corrected chi connectivity index (χ4v) is 5.62. The van der Waals surface area contributed by atoms with E-state index in [9.17, 15) is 10.1 Å². The van der Waals surface area contributed by atoms with E-state index in [1.54, 1.807) is 12.1 Å². The molecule has 6 rings (SSSR count). The minimum absolute atomic E-state index is 0.0422. The Kier molecular flexibility index (Phi) is 12.1. The molecule has 0 unspecified atom stereocenters. The van der Waals surface area contributed by atoms with Crippen LogP contribution in [-0.4, -0.2) is 42.2 Å². The lowest BCUT2D eigenvalue weighted by molar-refractivity contribution is -0.384. The molecule has 0 aromatic heterocycles. The minimum atomic E-state index is -0.965. The molecule has 252 valence electrons. The van der Waals surface area contributed by atoms with E-state index >= 15 is 0 Å². The third-order valence-electron chi connectivity index (χ3n) is 8.14. The highest BCUT2D eigenvalue weighted by Gasteiger charge is 2.49. The normalized spacial score (nSPS) is 20.4. The molecule has 0 amide bonds. The smallest absolute Gasteiger partial charge is 0.269 e. The maximum atomic E-state index is 11.3. The van der Waals surface area contributed by atoms with Crippen LogP contribution in [0, 0.1) is 10.1 Å². The van der Waals surface area contributed by atoms with Crippen molar-refractivity contribution in [3.63, 3.8) is 0 Å². The first-order valence-corrected chi connectivity index (χ1v) is 16.3. The first kappa shape index (κ1) is 34.0. The Hall–Kier alpha value is -4.90. The predicted molar refractivity (Wildman–Crippen MR) is 184 cm³/mol. The Labute approximate surface area is 286 Å². The largest absolute Gasteiger partial charge is 0.462 e. The van der Waals surface area contributed by atoms with E-state index in [1.165, 1.54) is 12.1 Å². The second-order valence-electron chi connectivity index (χ2n) is 11.7. The van der Waals surface area contributed by atoms with E-state index in [-0.39, 0.29) is 18.9 Å². The zero-order valence-corrected chi connectivity index (χ0v) is 27.0. The first-order chi connectivity index (χ1) is 24.1. The van der Waals surface area contributed by atoms with Gasteiger partial charge in [0.2, 0.25) is 6.29 Å². The van der Waals surface area contributed by atoms with Gasteiger partial charge in [-0.1, -0.05) is 121 Å². The number of non-ortho nitro benzene ring substituents is 1. The van der Waals surface area contributed by atoms with Crippen molar-refractivity contribution in [1.29, 1.82) is 0 Å². The van der Waals surface area contributed by atoms with Crippen molar-refractivity contribution in [2.45, 2.75) is 57.1 Å². The molecule has 5 atom stereocenters. The highest BCUT2D eigenvalue weighted by Crippen LogP contribution is 2.33. The maximum Gasteiger partial charge on any atom is 0.269 e. The summed E-state index contributed by atoms with van der Waals surface area (Å²) < 4.78 is 39.3. The molecule has 0 spiro atoms. The number of ether oxygens (including phenoxy) is 6. The monoisotopic (exact) mass is 661 g/mol. The molecule has 1 saturated heterocycles. The van der Waals surface area contributed by atoms with E-state index in [4.69, 9.17) is 28.4 Å². The van der Waals surface area contributed by atoms with Crippen molar-refractivity contribution in [3.05, 3.63) is 178 Å². The van der Waals surface area contributed by atoms with Crippen LogP contribution >= 0.6 is 0 Å². The van der Waals surface area contributed by atoms with Crippen molar-refractivity contribution >= 4 is 5.69 Å². The van der Waals surface area contributed by atoms with E-state index < -0.39 is 35.6 Å². The van der Waals surface area contributed by atoms with Gasteiger partial charge < -0.3 is 28.4 Å². The van der Waals surface area contributed by atoms with Gasteiger partial charge in [0.15, 0.2) is 0 Å². The third-order valence-corrected chi connectivity index (χ3v) is 8.14. The van der Waals surface area contributed by atoms with E-state index in [1.807, 2.05) is 121 Å². The van der Waals surface area contributed by atoms with Gasteiger partial charge in [0.25, 0.3) is 5.69 Å². The molecule has 9 heteroatoms. The van der Waals surface area contributed by atoms with Crippen molar-refractivity contribution in [1.82, 2.24) is 0 Å². The summed E-state index contributed by atoms with van der Waals surface area (Å²) in [6, 6.07) is 45.5. The van der Waals surface area contributed by atoms with Gasteiger partial charge in [-0.05, 0) is 34.4 Å². The summed E-state index contributed by atoms with van der Waals surface area (Å²) in [5, 5.41) is 11.3. The van der Waals surface area contributed by atoms with E-state index in [2.05, 4.69) is 0 Å². The molecule has 1 aliphatic heterocycles. The molecule has 0 bridgehead atoms. The Morgan fingerprint density at radius 2 is 0.959 bits per heavy atom. The fraction of sp³-hybridized carbons (Fsp3) is 0.250. The molecule has 5 aromatic rings. The van der Waals surface area contributed by atoms with Crippen molar-refractivity contribution in [3.8, 4) is 5.75 Å². The van der Waals surface area contributed by atoms with E-state index in [0.717, 1.165) is 22.3 Å². The highest BCUT2D eigenvalue weighted by atomic mass is 16.7. The summed E-state index contributed by atoms with van der Waals surface area (Å²) in [5.41, 5.74) is 3.94. The van der Waals surface area contributed by atoms with Gasteiger partial charge >= 0.3 is 0 Å². The zero-order valence-electron chi connectivity index (χ0n) is 27.0. The van der Waals surface area contributed by atoms with Crippen molar-refractivity contribution < 1.29 is 33.3 Å². The van der Waals surface area contributed by atoms with Crippen LogP contribution in [0.1, 0.15) is 22.3 Å². The summed E-state index contributed by atoms with van der Waals surface area (Å²) in [7, 11) is 0. The van der Waals surface area contributed by atoms with Gasteiger partial charge in [0.05, 0.1) is 38.0 Å². The fourth-order valence-electron chi connectivity index (χ4n) is 5.62. The average molecular weight is 662 g/mol. The zero-order chi connectivity index (χ0) is 33.7. The summed E-state index contributed by atoms with van der Waals surface area (Å²) in [5.74, 6) is 0.387. The first-order valence-electron chi connectivity index (χ1n) is 16.3. The van der Waals surface area contributed by atoms with Crippen LogP contribution in [-0.2, 0) is 50.1 Å². The molecule has 5 aromatic carbocycles. The Morgan fingerprint density at radius 1 is 0.531 bits per heavy atom.